The van der Waals surface area contributed by atoms with Crippen molar-refractivity contribution in [2.45, 2.75) is 19.9 Å². The first-order valence-corrected chi connectivity index (χ1v) is 10.4. The number of benzene rings is 2. The van der Waals surface area contributed by atoms with E-state index in [1.807, 2.05) is 6.92 Å². The Morgan fingerprint density at radius 3 is 2.32 bits per heavy atom. The maximum absolute atomic E-state index is 12.6. The van der Waals surface area contributed by atoms with E-state index in [1.165, 1.54) is 6.92 Å². The number of halogens is 2. The average molecular weight is 446 g/mol. The van der Waals surface area contributed by atoms with E-state index in [0.717, 1.165) is 16.1 Å². The number of nitrogens with one attached hydrogen (secondary N) is 1. The fourth-order valence-electron chi connectivity index (χ4n) is 2.32. The maximum atomic E-state index is 12.6. The number of sulfonamides is 1. The van der Waals surface area contributed by atoms with Gasteiger partial charge < -0.3 is 5.32 Å². The molecule has 25 heavy (non-hydrogen) atoms. The van der Waals surface area contributed by atoms with Crippen LogP contribution in [0, 0.1) is 6.92 Å². The molecule has 0 fully saturated rings. The number of nitrogens with zero attached hydrogens (tertiary/aromatic N) is 1. The summed E-state index contributed by atoms with van der Waals surface area (Å²) < 4.78 is 26.3. The summed E-state index contributed by atoms with van der Waals surface area (Å²) in [4.78, 5) is 12.6. The largest absolute Gasteiger partial charge is 0.324 e. The van der Waals surface area contributed by atoms with E-state index < -0.39 is 22.0 Å². The molecule has 0 saturated carbocycles. The van der Waals surface area contributed by atoms with Crippen molar-refractivity contribution in [3.63, 3.8) is 0 Å². The van der Waals surface area contributed by atoms with Crippen LogP contribution in [0.4, 0.5) is 11.4 Å². The van der Waals surface area contributed by atoms with Gasteiger partial charge in [-0.15, -0.1) is 0 Å². The number of carbonyl (C=O) groups excluding carboxylic acids is 1. The van der Waals surface area contributed by atoms with Gasteiger partial charge in [0.1, 0.15) is 6.04 Å². The van der Waals surface area contributed by atoms with Gasteiger partial charge in [0.15, 0.2) is 0 Å². The van der Waals surface area contributed by atoms with Gasteiger partial charge in [-0.05, 0) is 60.1 Å². The molecule has 5 nitrogen and oxygen atoms in total. The van der Waals surface area contributed by atoms with Crippen molar-refractivity contribution in [2.75, 3.05) is 15.9 Å². The van der Waals surface area contributed by atoms with Crippen LogP contribution >= 0.6 is 27.5 Å². The van der Waals surface area contributed by atoms with Gasteiger partial charge in [0, 0.05) is 10.2 Å². The summed E-state index contributed by atoms with van der Waals surface area (Å²) in [6.45, 7) is 3.44. The van der Waals surface area contributed by atoms with Crippen molar-refractivity contribution in [1.29, 1.82) is 0 Å². The van der Waals surface area contributed by atoms with Crippen LogP contribution in [0.25, 0.3) is 0 Å². The van der Waals surface area contributed by atoms with Crippen LogP contribution in [0.5, 0.6) is 0 Å². The highest BCUT2D eigenvalue weighted by atomic mass is 79.9. The van der Waals surface area contributed by atoms with Crippen molar-refractivity contribution in [3.8, 4) is 0 Å². The Morgan fingerprint density at radius 1 is 1.20 bits per heavy atom. The Labute approximate surface area is 161 Å². The Morgan fingerprint density at radius 2 is 1.80 bits per heavy atom. The van der Waals surface area contributed by atoms with Gasteiger partial charge in [0.25, 0.3) is 0 Å². The molecule has 0 bridgehead atoms. The first kappa shape index (κ1) is 19.8. The Hall–Kier alpha value is -1.57. The highest BCUT2D eigenvalue weighted by Crippen LogP contribution is 2.26. The van der Waals surface area contributed by atoms with E-state index in [0.29, 0.717) is 20.9 Å². The third kappa shape index (κ3) is 4.96. The summed E-state index contributed by atoms with van der Waals surface area (Å²) in [7, 11) is -3.64. The molecule has 0 aliphatic heterocycles. The molecule has 0 unspecified atom stereocenters. The van der Waals surface area contributed by atoms with Crippen LogP contribution in [0.2, 0.25) is 5.02 Å². The van der Waals surface area contributed by atoms with Gasteiger partial charge in [0.2, 0.25) is 15.9 Å². The van der Waals surface area contributed by atoms with Crippen LogP contribution in [0.3, 0.4) is 0 Å². The molecule has 0 saturated heterocycles. The predicted molar refractivity (Wildman–Crippen MR) is 106 cm³/mol. The lowest BCUT2D eigenvalue weighted by atomic mass is 10.2. The van der Waals surface area contributed by atoms with Gasteiger partial charge in [-0.2, -0.15) is 0 Å². The standard InChI is InChI=1S/C17H18BrClN2O3S/c1-11-4-7-14(8-5-11)21(25(3,23)24)12(2)17(22)20-13-6-9-15(18)16(19)10-13/h4-10,12H,1-3H3,(H,20,22)/t12-/m1/s1. The molecule has 0 aliphatic rings. The monoisotopic (exact) mass is 444 g/mol. The number of aryl methyl sites for hydroxylation is 1. The summed E-state index contributed by atoms with van der Waals surface area (Å²) in [5, 5.41) is 3.14. The predicted octanol–water partition coefficient (Wildman–Crippen LogP) is 4.20. The molecule has 0 spiro atoms. The van der Waals surface area contributed by atoms with Crippen molar-refractivity contribution < 1.29 is 13.2 Å². The van der Waals surface area contributed by atoms with Crippen LogP contribution in [-0.2, 0) is 14.8 Å². The average Bonchev–Trinajstić information content (AvgIpc) is 2.51. The molecular formula is C17H18BrClN2O3S. The first-order chi connectivity index (χ1) is 11.6. The smallest absolute Gasteiger partial charge is 0.247 e. The molecule has 8 heteroatoms. The number of anilines is 2. The molecule has 134 valence electrons. The Bertz CT molecular complexity index is 885. The molecule has 1 N–H and O–H groups in total. The summed E-state index contributed by atoms with van der Waals surface area (Å²) >= 11 is 9.30. The normalized spacial score (nSPS) is 12.5. The molecule has 0 aromatic heterocycles. The van der Waals surface area contributed by atoms with E-state index in [-0.39, 0.29) is 0 Å². The van der Waals surface area contributed by atoms with Gasteiger partial charge >= 0.3 is 0 Å². The van der Waals surface area contributed by atoms with Crippen molar-refractivity contribution in [2.24, 2.45) is 0 Å². The zero-order valence-electron chi connectivity index (χ0n) is 14.0. The van der Waals surface area contributed by atoms with E-state index in [4.69, 9.17) is 11.6 Å². The molecule has 1 atom stereocenters. The Balaban J connectivity index is 2.29. The zero-order valence-corrected chi connectivity index (χ0v) is 17.1. The van der Waals surface area contributed by atoms with E-state index in [2.05, 4.69) is 21.2 Å². The number of carbonyl (C=O) groups is 1. The van der Waals surface area contributed by atoms with E-state index >= 15 is 0 Å². The number of hydrogen-bond acceptors (Lipinski definition) is 3. The third-order valence-corrected chi connectivity index (χ3v) is 6.04. The second-order valence-corrected chi connectivity index (χ2v) is 8.81. The Kier molecular flexibility index (Phi) is 6.13. The van der Waals surface area contributed by atoms with Crippen molar-refractivity contribution in [1.82, 2.24) is 0 Å². The van der Waals surface area contributed by atoms with E-state index in [9.17, 15) is 13.2 Å². The van der Waals surface area contributed by atoms with Crippen LogP contribution in [-0.4, -0.2) is 26.6 Å². The number of amides is 1. The minimum absolute atomic E-state index is 0.435. The van der Waals surface area contributed by atoms with Gasteiger partial charge in [-0.25, -0.2) is 8.42 Å². The fourth-order valence-corrected chi connectivity index (χ4v) is 3.92. The third-order valence-electron chi connectivity index (χ3n) is 3.56. The molecule has 0 radical (unpaired) electrons. The molecular weight excluding hydrogens is 428 g/mol. The number of hydrogen-bond donors (Lipinski definition) is 1. The fraction of sp³-hybridized carbons (Fsp3) is 0.235. The second kappa shape index (κ2) is 7.76. The molecule has 0 aliphatic carbocycles. The molecule has 2 rings (SSSR count). The van der Waals surface area contributed by atoms with Gasteiger partial charge in [-0.3, -0.25) is 9.10 Å². The number of rotatable bonds is 5. The van der Waals surface area contributed by atoms with Crippen molar-refractivity contribution >= 4 is 54.8 Å². The van der Waals surface area contributed by atoms with Crippen molar-refractivity contribution in [3.05, 3.63) is 57.5 Å². The SMILES string of the molecule is Cc1ccc(N([C@H](C)C(=O)Nc2ccc(Br)c(Cl)c2)S(C)(=O)=O)cc1. The quantitative estimate of drug-likeness (QED) is 0.750. The summed E-state index contributed by atoms with van der Waals surface area (Å²) in [6.07, 6.45) is 1.08. The summed E-state index contributed by atoms with van der Waals surface area (Å²) in [5.74, 6) is -0.454. The second-order valence-electron chi connectivity index (χ2n) is 5.69. The highest BCUT2D eigenvalue weighted by molar-refractivity contribution is 9.10. The van der Waals surface area contributed by atoms with Gasteiger partial charge in [-0.1, -0.05) is 29.3 Å². The summed E-state index contributed by atoms with van der Waals surface area (Å²) in [6, 6.07) is 11.0. The van der Waals surface area contributed by atoms with Crippen LogP contribution in [0.15, 0.2) is 46.9 Å². The minimum Gasteiger partial charge on any atom is -0.324 e. The van der Waals surface area contributed by atoms with E-state index in [1.54, 1.807) is 42.5 Å². The highest BCUT2D eigenvalue weighted by Gasteiger charge is 2.29. The first-order valence-electron chi connectivity index (χ1n) is 7.41. The zero-order chi connectivity index (χ0) is 18.8. The molecule has 2 aromatic carbocycles. The lowest BCUT2D eigenvalue weighted by Crippen LogP contribution is -2.45. The lowest BCUT2D eigenvalue weighted by molar-refractivity contribution is -0.116. The van der Waals surface area contributed by atoms with Gasteiger partial charge in [0.05, 0.1) is 17.0 Å². The van der Waals surface area contributed by atoms with Crippen LogP contribution in [0.1, 0.15) is 12.5 Å². The topological polar surface area (TPSA) is 66.5 Å². The maximum Gasteiger partial charge on any atom is 0.247 e. The minimum atomic E-state index is -3.64. The van der Waals surface area contributed by atoms with Crippen LogP contribution < -0.4 is 9.62 Å². The lowest BCUT2D eigenvalue weighted by Gasteiger charge is -2.28. The molecule has 2 aromatic rings. The summed E-state index contributed by atoms with van der Waals surface area (Å²) in [5.41, 5.74) is 1.92. The molecule has 1 amide bonds. The molecule has 0 heterocycles.